The van der Waals surface area contributed by atoms with Crippen molar-refractivity contribution in [2.45, 2.75) is 69.9 Å². The molecule has 2 saturated carbocycles. The largest absolute Gasteiger partial charge is 0.370 e. The summed E-state index contributed by atoms with van der Waals surface area (Å²) in [6.45, 7) is 3.17. The maximum atomic E-state index is 6.71. The van der Waals surface area contributed by atoms with Crippen molar-refractivity contribution < 1.29 is 14.5 Å². The molecule has 4 aliphatic rings. The molecule has 1 aromatic heterocycles. The van der Waals surface area contributed by atoms with E-state index in [4.69, 9.17) is 14.5 Å². The van der Waals surface area contributed by atoms with Crippen LogP contribution in [0.3, 0.4) is 0 Å². The molecule has 1 aromatic rings. The van der Waals surface area contributed by atoms with E-state index in [1.807, 2.05) is 24.4 Å². The first-order chi connectivity index (χ1) is 13.2. The first-order valence-corrected chi connectivity index (χ1v) is 10.6. The van der Waals surface area contributed by atoms with Crippen molar-refractivity contribution in [3.8, 4) is 0 Å². The highest BCUT2D eigenvalue weighted by molar-refractivity contribution is 5.33. The lowest BCUT2D eigenvalue weighted by molar-refractivity contribution is -0.371. The highest BCUT2D eigenvalue weighted by Crippen LogP contribution is 2.55. The molecule has 1 saturated heterocycles. The first-order valence-electron chi connectivity index (χ1n) is 10.6. The normalized spacial score (nSPS) is 40.9. The van der Waals surface area contributed by atoms with Gasteiger partial charge in [0.2, 0.25) is 11.6 Å². The number of pyridine rings is 1. The van der Waals surface area contributed by atoms with Crippen LogP contribution in [0.15, 0.2) is 36.0 Å². The molecule has 5 nitrogen and oxygen atoms in total. The Morgan fingerprint density at radius 1 is 1.19 bits per heavy atom. The van der Waals surface area contributed by atoms with Gasteiger partial charge < -0.3 is 10.1 Å². The second kappa shape index (κ2) is 6.87. The molecule has 0 aromatic carbocycles. The van der Waals surface area contributed by atoms with Crippen LogP contribution in [0.1, 0.15) is 58.3 Å². The minimum Gasteiger partial charge on any atom is -0.370 e. The zero-order chi connectivity index (χ0) is 18.3. The lowest BCUT2D eigenvalue weighted by Gasteiger charge is -2.45. The van der Waals surface area contributed by atoms with Gasteiger partial charge in [0.1, 0.15) is 5.82 Å². The Balaban J connectivity index is 1.21. The number of rotatable bonds is 3. The number of ether oxygens (including phenoxy) is 1. The van der Waals surface area contributed by atoms with Gasteiger partial charge in [0.25, 0.3) is 0 Å². The van der Waals surface area contributed by atoms with E-state index in [0.29, 0.717) is 11.8 Å². The molecule has 1 aliphatic heterocycles. The molecule has 3 unspecified atom stereocenters. The lowest BCUT2D eigenvalue weighted by Crippen LogP contribution is -2.50. The molecule has 2 bridgehead atoms. The molecule has 27 heavy (non-hydrogen) atoms. The Labute approximate surface area is 161 Å². The summed E-state index contributed by atoms with van der Waals surface area (Å²) >= 11 is 0. The van der Waals surface area contributed by atoms with Crippen molar-refractivity contribution in [1.82, 2.24) is 4.98 Å². The molecular formula is C22H30N2O3. The zero-order valence-electron chi connectivity index (χ0n) is 16.2. The van der Waals surface area contributed by atoms with Gasteiger partial charge in [-0.05, 0) is 56.6 Å². The van der Waals surface area contributed by atoms with Gasteiger partial charge in [-0.15, -0.1) is 0 Å². The molecule has 3 atom stereocenters. The van der Waals surface area contributed by atoms with Crippen LogP contribution < -0.4 is 5.32 Å². The number of nitrogens with one attached hydrogen (secondary N) is 1. The van der Waals surface area contributed by atoms with Gasteiger partial charge in [0.15, 0.2) is 0 Å². The van der Waals surface area contributed by atoms with E-state index in [1.54, 1.807) is 5.57 Å². The monoisotopic (exact) mass is 370 g/mol. The van der Waals surface area contributed by atoms with Crippen LogP contribution in [-0.2, 0) is 14.5 Å². The molecule has 5 heteroatoms. The lowest BCUT2D eigenvalue weighted by atomic mass is 9.70. The molecule has 3 aliphatic carbocycles. The number of hydrogen-bond donors (Lipinski definition) is 1. The fourth-order valence-electron chi connectivity index (χ4n) is 5.44. The predicted octanol–water partition coefficient (Wildman–Crippen LogP) is 4.82. The van der Waals surface area contributed by atoms with Crippen molar-refractivity contribution in [3.63, 3.8) is 0 Å². The Morgan fingerprint density at radius 3 is 2.89 bits per heavy atom. The van der Waals surface area contributed by atoms with E-state index in [0.717, 1.165) is 44.5 Å². The Bertz CT molecular complexity index is 699. The number of aromatic nitrogens is 1. The van der Waals surface area contributed by atoms with Gasteiger partial charge in [-0.25, -0.2) is 4.98 Å². The summed E-state index contributed by atoms with van der Waals surface area (Å²) in [5, 5.41) is 3.45. The van der Waals surface area contributed by atoms with Gasteiger partial charge in [-0.3, -0.25) is 0 Å². The molecular weight excluding hydrogens is 340 g/mol. The van der Waals surface area contributed by atoms with Crippen LogP contribution in [0.2, 0.25) is 0 Å². The fourth-order valence-corrected chi connectivity index (χ4v) is 5.44. The van der Waals surface area contributed by atoms with E-state index in [2.05, 4.69) is 23.3 Å². The van der Waals surface area contributed by atoms with E-state index in [9.17, 15) is 0 Å². The second-order valence-corrected chi connectivity index (χ2v) is 8.85. The second-order valence-electron chi connectivity index (χ2n) is 8.85. The minimum absolute atomic E-state index is 0.259. The molecule has 2 spiro atoms. The van der Waals surface area contributed by atoms with Crippen molar-refractivity contribution in [3.05, 3.63) is 36.0 Å². The summed E-state index contributed by atoms with van der Waals surface area (Å²) in [5.74, 6) is 1.15. The standard InChI is InChI=1S/C22H30N2O3/c1-16-13-18-5-4-6-19(14-18)22(16)25-21(26-27-22)10-8-17(9-11-21)15-24-20-7-2-3-12-23-20/h2-3,7,12-13,16-17,19H,4-6,8-11,14-15H2,1H3,(H,23,24). The van der Waals surface area contributed by atoms with Crippen LogP contribution in [0, 0.1) is 17.8 Å². The average molecular weight is 370 g/mol. The third kappa shape index (κ3) is 3.20. The fraction of sp³-hybridized carbons (Fsp3) is 0.682. The molecule has 3 fully saturated rings. The third-order valence-electron chi connectivity index (χ3n) is 7.02. The van der Waals surface area contributed by atoms with E-state index < -0.39 is 11.6 Å². The molecule has 2 heterocycles. The van der Waals surface area contributed by atoms with Crippen molar-refractivity contribution >= 4 is 5.82 Å². The summed E-state index contributed by atoms with van der Waals surface area (Å²) in [6, 6.07) is 5.97. The summed E-state index contributed by atoms with van der Waals surface area (Å²) in [7, 11) is 0. The van der Waals surface area contributed by atoms with E-state index in [-0.39, 0.29) is 5.92 Å². The van der Waals surface area contributed by atoms with Crippen molar-refractivity contribution in [2.75, 3.05) is 11.9 Å². The van der Waals surface area contributed by atoms with Gasteiger partial charge in [-0.1, -0.05) is 24.6 Å². The van der Waals surface area contributed by atoms with E-state index in [1.165, 1.54) is 19.3 Å². The molecule has 0 amide bonds. The zero-order valence-corrected chi connectivity index (χ0v) is 16.2. The SMILES string of the molecule is CC1C=C2CCCC(C2)C12OOC1(CCC(CNc3ccccn3)CC1)O2. The van der Waals surface area contributed by atoms with Crippen molar-refractivity contribution in [1.29, 1.82) is 0 Å². The van der Waals surface area contributed by atoms with Gasteiger partial charge in [-0.2, -0.15) is 9.78 Å². The average Bonchev–Trinajstić information content (AvgIpc) is 3.08. The summed E-state index contributed by atoms with van der Waals surface area (Å²) in [4.78, 5) is 16.4. The molecule has 5 rings (SSSR count). The Morgan fingerprint density at radius 2 is 2.07 bits per heavy atom. The molecule has 0 radical (unpaired) electrons. The maximum absolute atomic E-state index is 6.71. The first kappa shape index (κ1) is 17.7. The van der Waals surface area contributed by atoms with Crippen LogP contribution in [0.4, 0.5) is 5.82 Å². The quantitative estimate of drug-likeness (QED) is 0.611. The highest BCUT2D eigenvalue weighted by atomic mass is 17.3. The highest BCUT2D eigenvalue weighted by Gasteiger charge is 2.61. The summed E-state index contributed by atoms with van der Waals surface area (Å²) < 4.78 is 6.71. The van der Waals surface area contributed by atoms with Crippen LogP contribution in [0.5, 0.6) is 0 Å². The predicted molar refractivity (Wildman–Crippen MR) is 103 cm³/mol. The third-order valence-corrected chi connectivity index (χ3v) is 7.02. The van der Waals surface area contributed by atoms with Crippen LogP contribution >= 0.6 is 0 Å². The van der Waals surface area contributed by atoms with Gasteiger partial charge >= 0.3 is 0 Å². The number of anilines is 1. The number of fused-ring (bicyclic) bond motifs is 3. The number of hydrogen-bond acceptors (Lipinski definition) is 5. The van der Waals surface area contributed by atoms with E-state index >= 15 is 0 Å². The Hall–Kier alpha value is -1.43. The summed E-state index contributed by atoms with van der Waals surface area (Å²) in [6.07, 6.45) is 12.9. The smallest absolute Gasteiger partial charge is 0.213 e. The van der Waals surface area contributed by atoms with Crippen LogP contribution in [0.25, 0.3) is 0 Å². The topological polar surface area (TPSA) is 52.6 Å². The van der Waals surface area contributed by atoms with Gasteiger partial charge in [0.05, 0.1) is 0 Å². The van der Waals surface area contributed by atoms with Gasteiger partial charge in [0, 0.05) is 37.4 Å². The molecule has 146 valence electrons. The number of nitrogens with zero attached hydrogens (tertiary/aromatic N) is 1. The summed E-state index contributed by atoms with van der Waals surface area (Å²) in [5.41, 5.74) is 1.59. The minimum atomic E-state index is -0.567. The maximum Gasteiger partial charge on any atom is 0.213 e. The van der Waals surface area contributed by atoms with Crippen molar-refractivity contribution in [2.24, 2.45) is 17.8 Å². The van der Waals surface area contributed by atoms with Crippen LogP contribution in [-0.4, -0.2) is 23.1 Å². The number of allylic oxidation sites excluding steroid dienone is 1. The molecule has 1 N–H and O–H groups in total. The Kier molecular flexibility index (Phi) is 4.49.